The van der Waals surface area contributed by atoms with Crippen LogP contribution in [0.2, 0.25) is 0 Å². The van der Waals surface area contributed by atoms with E-state index in [0.717, 1.165) is 15.6 Å². The molecule has 0 aliphatic heterocycles. The van der Waals surface area contributed by atoms with Crippen molar-refractivity contribution in [2.75, 3.05) is 39.6 Å². The molecule has 0 unspecified atom stereocenters. The maximum Gasteiger partial charge on any atom is 0.325 e. The SMILES string of the molecule is CCN(C(=O)N(C)C)c1nnc(S(=O)(=O)N(C)C)s1. The van der Waals surface area contributed by atoms with Gasteiger partial charge in [0, 0.05) is 34.7 Å². The fourth-order valence-electron chi connectivity index (χ4n) is 1.17. The quantitative estimate of drug-likeness (QED) is 0.747. The molecule has 2 amide bonds. The van der Waals surface area contributed by atoms with Crippen LogP contribution in [0.3, 0.4) is 0 Å². The lowest BCUT2D eigenvalue weighted by Gasteiger charge is -2.21. The van der Waals surface area contributed by atoms with Crippen molar-refractivity contribution in [3.63, 3.8) is 0 Å². The number of anilines is 1. The van der Waals surface area contributed by atoms with Gasteiger partial charge in [0.25, 0.3) is 10.0 Å². The van der Waals surface area contributed by atoms with Gasteiger partial charge in [0.15, 0.2) is 0 Å². The van der Waals surface area contributed by atoms with Gasteiger partial charge in [0.05, 0.1) is 0 Å². The minimum atomic E-state index is -3.62. The van der Waals surface area contributed by atoms with Crippen molar-refractivity contribution < 1.29 is 13.2 Å². The number of carbonyl (C=O) groups excluding carboxylic acids is 1. The molecule has 1 rings (SSSR count). The minimum absolute atomic E-state index is 0.127. The van der Waals surface area contributed by atoms with Crippen LogP contribution in [-0.4, -0.2) is 68.6 Å². The van der Waals surface area contributed by atoms with E-state index < -0.39 is 10.0 Å². The lowest BCUT2D eigenvalue weighted by Crippen LogP contribution is -2.39. The molecule has 108 valence electrons. The van der Waals surface area contributed by atoms with Crippen molar-refractivity contribution in [3.8, 4) is 0 Å². The molecule has 0 aliphatic carbocycles. The molecule has 1 aromatic rings. The van der Waals surface area contributed by atoms with Gasteiger partial charge in [-0.1, -0.05) is 11.3 Å². The van der Waals surface area contributed by atoms with Gasteiger partial charge < -0.3 is 4.90 Å². The van der Waals surface area contributed by atoms with Gasteiger partial charge in [0.1, 0.15) is 0 Å². The van der Waals surface area contributed by atoms with Crippen LogP contribution in [0.15, 0.2) is 4.34 Å². The third-order valence-corrected chi connectivity index (χ3v) is 5.36. The van der Waals surface area contributed by atoms with Crippen molar-refractivity contribution in [2.24, 2.45) is 0 Å². The van der Waals surface area contributed by atoms with E-state index in [1.165, 1.54) is 23.9 Å². The predicted molar refractivity (Wildman–Crippen MR) is 72.9 cm³/mol. The summed E-state index contributed by atoms with van der Waals surface area (Å²) in [4.78, 5) is 14.7. The van der Waals surface area contributed by atoms with Crippen molar-refractivity contribution in [3.05, 3.63) is 0 Å². The first-order valence-corrected chi connectivity index (χ1v) is 7.72. The summed E-state index contributed by atoms with van der Waals surface area (Å²) < 4.78 is 24.7. The Labute approximate surface area is 116 Å². The Kier molecular flexibility index (Phi) is 4.82. The molecule has 0 aromatic carbocycles. The highest BCUT2D eigenvalue weighted by Crippen LogP contribution is 2.25. The van der Waals surface area contributed by atoms with Crippen LogP contribution in [0.25, 0.3) is 0 Å². The van der Waals surface area contributed by atoms with E-state index >= 15 is 0 Å². The van der Waals surface area contributed by atoms with Crippen LogP contribution in [0.4, 0.5) is 9.93 Å². The summed E-state index contributed by atoms with van der Waals surface area (Å²) in [7, 11) is 2.44. The molecule has 0 fully saturated rings. The lowest BCUT2D eigenvalue weighted by atomic mass is 10.6. The van der Waals surface area contributed by atoms with Gasteiger partial charge >= 0.3 is 6.03 Å². The van der Waals surface area contributed by atoms with E-state index in [9.17, 15) is 13.2 Å². The second-order valence-corrected chi connectivity index (χ2v) is 7.34. The Balaban J connectivity index is 3.12. The maximum atomic E-state index is 11.9. The first-order chi connectivity index (χ1) is 8.71. The zero-order chi connectivity index (χ0) is 14.8. The van der Waals surface area contributed by atoms with E-state index in [2.05, 4.69) is 10.2 Å². The maximum absolute atomic E-state index is 11.9. The molecule has 19 heavy (non-hydrogen) atoms. The highest BCUT2D eigenvalue weighted by atomic mass is 32.2. The summed E-state index contributed by atoms with van der Waals surface area (Å²) in [6.45, 7) is 2.16. The molecule has 0 aliphatic rings. The average Bonchev–Trinajstić information content (AvgIpc) is 2.79. The van der Waals surface area contributed by atoms with Crippen LogP contribution in [-0.2, 0) is 10.0 Å². The zero-order valence-corrected chi connectivity index (χ0v) is 13.1. The molecule has 0 bridgehead atoms. The summed E-state index contributed by atoms with van der Waals surface area (Å²) in [5.74, 6) is 0. The number of amides is 2. The number of carbonyl (C=O) groups is 1. The van der Waals surface area contributed by atoms with Crippen molar-refractivity contribution in [2.45, 2.75) is 11.3 Å². The van der Waals surface area contributed by atoms with Gasteiger partial charge in [0.2, 0.25) is 9.47 Å². The Morgan fingerprint density at radius 2 is 1.79 bits per heavy atom. The molecule has 0 atom stereocenters. The first-order valence-electron chi connectivity index (χ1n) is 5.46. The number of urea groups is 1. The van der Waals surface area contributed by atoms with E-state index in [0.29, 0.717) is 6.54 Å². The summed E-state index contributed by atoms with van der Waals surface area (Å²) in [5.41, 5.74) is 0. The monoisotopic (exact) mass is 307 g/mol. The topological polar surface area (TPSA) is 86.7 Å². The van der Waals surface area contributed by atoms with Crippen molar-refractivity contribution in [1.29, 1.82) is 0 Å². The number of hydrogen-bond donors (Lipinski definition) is 0. The molecule has 0 N–H and O–H groups in total. The summed E-state index contributed by atoms with van der Waals surface area (Å²) >= 11 is 0.873. The molecule has 8 nitrogen and oxygen atoms in total. The second kappa shape index (κ2) is 5.80. The largest absolute Gasteiger partial charge is 0.330 e. The number of hydrogen-bond acceptors (Lipinski definition) is 6. The lowest BCUT2D eigenvalue weighted by molar-refractivity contribution is 0.224. The minimum Gasteiger partial charge on any atom is -0.330 e. The van der Waals surface area contributed by atoms with Crippen molar-refractivity contribution in [1.82, 2.24) is 19.4 Å². The van der Waals surface area contributed by atoms with Crippen LogP contribution < -0.4 is 4.90 Å². The van der Waals surface area contributed by atoms with Crippen LogP contribution in [0.5, 0.6) is 0 Å². The number of sulfonamides is 1. The smallest absolute Gasteiger partial charge is 0.325 e. The van der Waals surface area contributed by atoms with E-state index in [-0.39, 0.29) is 15.5 Å². The molecule has 10 heteroatoms. The standard InChI is InChI=1S/C9H17N5O3S2/c1-6-14(9(15)12(2)3)7-10-11-8(18-7)19(16,17)13(4)5/h6H2,1-5H3. The molecule has 0 radical (unpaired) electrons. The average molecular weight is 307 g/mol. The van der Waals surface area contributed by atoms with Crippen LogP contribution in [0.1, 0.15) is 6.92 Å². The Bertz CT molecular complexity index is 552. The summed E-state index contributed by atoms with van der Waals surface area (Å²) in [5, 5.41) is 7.69. The number of aromatic nitrogens is 2. The van der Waals surface area contributed by atoms with Gasteiger partial charge in [-0.05, 0) is 6.92 Å². The van der Waals surface area contributed by atoms with Gasteiger partial charge in [-0.15, -0.1) is 10.2 Å². The highest BCUT2D eigenvalue weighted by Gasteiger charge is 2.26. The zero-order valence-electron chi connectivity index (χ0n) is 11.5. The summed E-state index contributed by atoms with van der Waals surface area (Å²) in [6, 6.07) is -0.271. The second-order valence-electron chi connectivity index (χ2n) is 4.06. The van der Waals surface area contributed by atoms with E-state index in [1.807, 2.05) is 0 Å². The van der Waals surface area contributed by atoms with Gasteiger partial charge in [-0.3, -0.25) is 4.90 Å². The van der Waals surface area contributed by atoms with E-state index in [1.54, 1.807) is 21.0 Å². The van der Waals surface area contributed by atoms with Crippen molar-refractivity contribution >= 4 is 32.5 Å². The highest BCUT2D eigenvalue weighted by molar-refractivity contribution is 7.91. The Morgan fingerprint density at radius 3 is 2.21 bits per heavy atom. The Hall–Kier alpha value is -1.26. The number of rotatable bonds is 4. The Morgan fingerprint density at radius 1 is 1.21 bits per heavy atom. The van der Waals surface area contributed by atoms with Gasteiger partial charge in [-0.2, -0.15) is 0 Å². The first kappa shape index (κ1) is 15.8. The predicted octanol–water partition coefficient (Wildman–Crippen LogP) is 0.296. The molecule has 0 saturated carbocycles. The number of nitrogens with zero attached hydrogens (tertiary/aromatic N) is 5. The fourth-order valence-corrected chi connectivity index (χ4v) is 3.35. The van der Waals surface area contributed by atoms with Gasteiger partial charge in [-0.25, -0.2) is 17.5 Å². The van der Waals surface area contributed by atoms with E-state index in [4.69, 9.17) is 0 Å². The molecule has 0 spiro atoms. The molecule has 0 saturated heterocycles. The molecule has 1 aromatic heterocycles. The normalized spacial score (nSPS) is 11.7. The third kappa shape index (κ3) is 3.19. The molecular formula is C9H17N5O3S2. The molecule has 1 heterocycles. The molecular weight excluding hydrogens is 290 g/mol. The summed E-state index contributed by atoms with van der Waals surface area (Å²) in [6.07, 6.45) is 0. The van der Waals surface area contributed by atoms with Crippen LogP contribution in [0, 0.1) is 0 Å². The fraction of sp³-hybridized carbons (Fsp3) is 0.667. The third-order valence-electron chi connectivity index (χ3n) is 2.26. The van der Waals surface area contributed by atoms with Crippen LogP contribution >= 0.6 is 11.3 Å².